The van der Waals surface area contributed by atoms with Crippen molar-refractivity contribution >= 4 is 0 Å². The van der Waals surface area contributed by atoms with Crippen LogP contribution < -0.4 is 10.1 Å². The third-order valence-corrected chi connectivity index (χ3v) is 3.68. The van der Waals surface area contributed by atoms with Crippen LogP contribution in [-0.4, -0.2) is 12.6 Å². The highest BCUT2D eigenvalue weighted by atomic mass is 16.5. The first-order valence-corrected chi connectivity index (χ1v) is 8.68. The maximum atomic E-state index is 5.96. The van der Waals surface area contributed by atoms with Crippen LogP contribution in [0.4, 0.5) is 0 Å². The predicted octanol–water partition coefficient (Wildman–Crippen LogP) is 5.31. The minimum absolute atomic E-state index is 0.501. The highest BCUT2D eigenvalue weighted by Gasteiger charge is 2.03. The molecule has 0 spiro atoms. The zero-order valence-electron chi connectivity index (χ0n) is 14.2. The molecule has 1 rings (SSSR count). The molecule has 120 valence electrons. The molecule has 1 aromatic rings. The molecule has 0 atom stereocenters. The molecule has 2 nitrogen and oxygen atoms in total. The van der Waals surface area contributed by atoms with E-state index < -0.39 is 0 Å². The zero-order chi connectivity index (χ0) is 15.3. The van der Waals surface area contributed by atoms with E-state index in [2.05, 4.69) is 50.4 Å². The Kier molecular flexibility index (Phi) is 9.98. The quantitative estimate of drug-likeness (QED) is 0.527. The van der Waals surface area contributed by atoms with Crippen molar-refractivity contribution in [3.63, 3.8) is 0 Å². The van der Waals surface area contributed by atoms with E-state index in [1.54, 1.807) is 0 Å². The van der Waals surface area contributed by atoms with Gasteiger partial charge in [0.1, 0.15) is 5.75 Å². The number of ether oxygens (including phenoxy) is 1. The molecule has 0 aliphatic heterocycles. The predicted molar refractivity (Wildman–Crippen MR) is 91.9 cm³/mol. The molecule has 0 aliphatic carbocycles. The van der Waals surface area contributed by atoms with Crippen LogP contribution in [0.1, 0.15) is 71.3 Å². The van der Waals surface area contributed by atoms with Gasteiger partial charge in [0.15, 0.2) is 0 Å². The van der Waals surface area contributed by atoms with Crippen molar-refractivity contribution in [3.8, 4) is 5.75 Å². The summed E-state index contributed by atoms with van der Waals surface area (Å²) in [6, 6.07) is 8.87. The molecule has 2 heteroatoms. The summed E-state index contributed by atoms with van der Waals surface area (Å²) in [5.74, 6) is 1.04. The van der Waals surface area contributed by atoms with Gasteiger partial charge in [0, 0.05) is 18.2 Å². The summed E-state index contributed by atoms with van der Waals surface area (Å²) in [6.45, 7) is 8.32. The molecule has 0 saturated heterocycles. The molecular formula is C19H33NO. The van der Waals surface area contributed by atoms with E-state index in [0.717, 1.165) is 25.3 Å². The summed E-state index contributed by atoms with van der Waals surface area (Å²) < 4.78 is 5.96. The van der Waals surface area contributed by atoms with Crippen molar-refractivity contribution in [2.24, 2.45) is 0 Å². The van der Waals surface area contributed by atoms with Crippen LogP contribution in [0, 0.1) is 0 Å². The van der Waals surface area contributed by atoms with E-state index in [1.807, 2.05) is 0 Å². The van der Waals surface area contributed by atoms with E-state index in [-0.39, 0.29) is 0 Å². The second-order valence-corrected chi connectivity index (χ2v) is 6.11. The Balaban J connectivity index is 2.19. The highest BCUT2D eigenvalue weighted by Crippen LogP contribution is 2.18. The lowest BCUT2D eigenvalue weighted by Crippen LogP contribution is -2.22. The molecule has 0 aromatic heterocycles. The molecule has 0 bridgehead atoms. The van der Waals surface area contributed by atoms with Crippen molar-refractivity contribution in [2.75, 3.05) is 6.61 Å². The van der Waals surface area contributed by atoms with Crippen LogP contribution in [0.2, 0.25) is 0 Å². The van der Waals surface area contributed by atoms with Crippen molar-refractivity contribution in [3.05, 3.63) is 29.8 Å². The Labute approximate surface area is 131 Å². The number of benzene rings is 1. The minimum Gasteiger partial charge on any atom is -0.493 e. The van der Waals surface area contributed by atoms with Crippen molar-refractivity contribution in [1.82, 2.24) is 5.32 Å². The average Bonchev–Trinajstić information content (AvgIpc) is 2.48. The van der Waals surface area contributed by atoms with Crippen molar-refractivity contribution in [2.45, 2.75) is 78.3 Å². The Bertz CT molecular complexity index is 362. The summed E-state index contributed by atoms with van der Waals surface area (Å²) in [5, 5.41) is 3.45. The normalized spacial score (nSPS) is 11.0. The van der Waals surface area contributed by atoms with Gasteiger partial charge in [-0.15, -0.1) is 0 Å². The van der Waals surface area contributed by atoms with E-state index in [9.17, 15) is 0 Å². The van der Waals surface area contributed by atoms with Gasteiger partial charge >= 0.3 is 0 Å². The second-order valence-electron chi connectivity index (χ2n) is 6.11. The maximum absolute atomic E-state index is 5.96. The number of nitrogens with one attached hydrogen (secondary N) is 1. The standard InChI is InChI=1S/C19H33NO/c1-4-5-6-7-8-9-12-15-21-19-14-11-10-13-18(19)16-20-17(2)3/h10-11,13-14,17,20H,4-9,12,15-16H2,1-3H3. The molecule has 0 heterocycles. The lowest BCUT2D eigenvalue weighted by molar-refractivity contribution is 0.300. The molecule has 0 saturated carbocycles. The Morgan fingerprint density at radius 2 is 1.62 bits per heavy atom. The summed E-state index contributed by atoms with van der Waals surface area (Å²) >= 11 is 0. The minimum atomic E-state index is 0.501. The number of hydrogen-bond donors (Lipinski definition) is 1. The molecule has 0 amide bonds. The average molecular weight is 291 g/mol. The van der Waals surface area contributed by atoms with Gasteiger partial charge in [0.25, 0.3) is 0 Å². The summed E-state index contributed by atoms with van der Waals surface area (Å²) in [7, 11) is 0. The van der Waals surface area contributed by atoms with Gasteiger partial charge in [-0.2, -0.15) is 0 Å². The van der Waals surface area contributed by atoms with Gasteiger partial charge in [-0.25, -0.2) is 0 Å². The fourth-order valence-corrected chi connectivity index (χ4v) is 2.35. The molecule has 0 fully saturated rings. The van der Waals surface area contributed by atoms with E-state index >= 15 is 0 Å². The van der Waals surface area contributed by atoms with E-state index in [0.29, 0.717) is 6.04 Å². The summed E-state index contributed by atoms with van der Waals surface area (Å²) in [6.07, 6.45) is 9.27. The third-order valence-electron chi connectivity index (χ3n) is 3.68. The Morgan fingerprint density at radius 1 is 0.952 bits per heavy atom. The summed E-state index contributed by atoms with van der Waals surface area (Å²) in [4.78, 5) is 0. The fourth-order valence-electron chi connectivity index (χ4n) is 2.35. The lowest BCUT2D eigenvalue weighted by Gasteiger charge is -2.13. The number of para-hydroxylation sites is 1. The van der Waals surface area contributed by atoms with Gasteiger partial charge < -0.3 is 10.1 Å². The van der Waals surface area contributed by atoms with Crippen LogP contribution in [0.3, 0.4) is 0 Å². The first kappa shape index (κ1) is 18.0. The van der Waals surface area contributed by atoms with Gasteiger partial charge in [0.2, 0.25) is 0 Å². The molecular weight excluding hydrogens is 258 g/mol. The van der Waals surface area contributed by atoms with Crippen molar-refractivity contribution in [1.29, 1.82) is 0 Å². The van der Waals surface area contributed by atoms with E-state index in [1.165, 1.54) is 44.1 Å². The fraction of sp³-hybridized carbons (Fsp3) is 0.684. The highest BCUT2D eigenvalue weighted by molar-refractivity contribution is 5.33. The molecule has 0 unspecified atom stereocenters. The maximum Gasteiger partial charge on any atom is 0.123 e. The van der Waals surface area contributed by atoms with Gasteiger partial charge in [-0.1, -0.05) is 77.5 Å². The van der Waals surface area contributed by atoms with Crippen molar-refractivity contribution < 1.29 is 4.74 Å². The largest absolute Gasteiger partial charge is 0.493 e. The van der Waals surface area contributed by atoms with Gasteiger partial charge in [-0.05, 0) is 12.5 Å². The second kappa shape index (κ2) is 11.6. The number of unbranched alkanes of at least 4 members (excludes halogenated alkanes) is 6. The number of rotatable bonds is 12. The van der Waals surface area contributed by atoms with Gasteiger partial charge in [-0.3, -0.25) is 0 Å². The van der Waals surface area contributed by atoms with Crippen LogP contribution in [0.5, 0.6) is 5.75 Å². The third kappa shape index (κ3) is 8.77. The molecule has 0 radical (unpaired) electrons. The topological polar surface area (TPSA) is 21.3 Å². The number of hydrogen-bond acceptors (Lipinski definition) is 2. The molecule has 21 heavy (non-hydrogen) atoms. The van der Waals surface area contributed by atoms with Crippen LogP contribution >= 0.6 is 0 Å². The van der Waals surface area contributed by atoms with Crippen LogP contribution in [0.15, 0.2) is 24.3 Å². The Hall–Kier alpha value is -1.02. The monoisotopic (exact) mass is 291 g/mol. The van der Waals surface area contributed by atoms with Crippen LogP contribution in [-0.2, 0) is 6.54 Å². The first-order valence-electron chi connectivity index (χ1n) is 8.68. The zero-order valence-corrected chi connectivity index (χ0v) is 14.2. The summed E-state index contributed by atoms with van der Waals surface area (Å²) in [5.41, 5.74) is 1.26. The molecule has 1 aromatic carbocycles. The van der Waals surface area contributed by atoms with Crippen LogP contribution in [0.25, 0.3) is 0 Å². The Morgan fingerprint density at radius 3 is 2.33 bits per heavy atom. The first-order chi connectivity index (χ1) is 10.2. The SMILES string of the molecule is CCCCCCCCCOc1ccccc1CNC(C)C. The lowest BCUT2D eigenvalue weighted by atomic mass is 10.1. The molecule has 1 N–H and O–H groups in total. The van der Waals surface area contributed by atoms with E-state index in [4.69, 9.17) is 4.74 Å². The molecule has 0 aliphatic rings. The van der Waals surface area contributed by atoms with Gasteiger partial charge in [0.05, 0.1) is 6.61 Å². The smallest absolute Gasteiger partial charge is 0.123 e.